The average molecular weight is 435 g/mol. The molecule has 0 spiro atoms. The Balaban J connectivity index is 1.33. The van der Waals surface area contributed by atoms with E-state index in [0.29, 0.717) is 17.3 Å². The molecule has 0 aliphatic carbocycles. The molecule has 2 aliphatic heterocycles. The molecule has 2 unspecified atom stereocenters. The Morgan fingerprint density at radius 1 is 1.12 bits per heavy atom. The Hall–Kier alpha value is -3.69. The maximum absolute atomic E-state index is 11.5. The minimum atomic E-state index is -0.802. The lowest BCUT2D eigenvalue weighted by Crippen LogP contribution is -2.51. The van der Waals surface area contributed by atoms with Crippen LogP contribution in [-0.4, -0.2) is 73.3 Å². The molecule has 3 aromatic rings. The van der Waals surface area contributed by atoms with Crippen molar-refractivity contribution in [3.63, 3.8) is 0 Å². The Morgan fingerprint density at radius 2 is 1.88 bits per heavy atom. The molecule has 1 N–H and O–H groups in total. The van der Waals surface area contributed by atoms with Gasteiger partial charge in [0, 0.05) is 37.6 Å². The van der Waals surface area contributed by atoms with E-state index >= 15 is 0 Å². The molecule has 2 bridgehead atoms. The van der Waals surface area contributed by atoms with Crippen LogP contribution in [0, 0.1) is 0 Å². The molecule has 2 aliphatic rings. The summed E-state index contributed by atoms with van der Waals surface area (Å²) in [4.78, 5) is 19.9. The highest BCUT2D eigenvalue weighted by Crippen LogP contribution is 2.38. The van der Waals surface area contributed by atoms with Crippen molar-refractivity contribution >= 4 is 11.9 Å². The topological polar surface area (TPSA) is 110 Å². The van der Waals surface area contributed by atoms with Gasteiger partial charge in [0.05, 0.1) is 12.8 Å². The van der Waals surface area contributed by atoms with Crippen molar-refractivity contribution in [2.75, 3.05) is 19.1 Å². The zero-order chi connectivity index (χ0) is 22.2. The van der Waals surface area contributed by atoms with Crippen LogP contribution in [0.4, 0.5) is 10.6 Å². The number of carbonyl (C=O) groups is 1. The van der Waals surface area contributed by atoms with Gasteiger partial charge in [-0.05, 0) is 56.0 Å². The third-order valence-electron chi connectivity index (χ3n) is 6.54. The number of rotatable bonds is 5. The van der Waals surface area contributed by atoms with Gasteiger partial charge < -0.3 is 19.6 Å². The van der Waals surface area contributed by atoms with Crippen LogP contribution in [0.1, 0.15) is 25.7 Å². The molecule has 5 rings (SSSR count). The largest absolute Gasteiger partial charge is 0.479 e. The summed E-state index contributed by atoms with van der Waals surface area (Å²) in [7, 11) is 3.58. The van der Waals surface area contributed by atoms with Crippen molar-refractivity contribution in [2.24, 2.45) is 0 Å². The molecule has 0 radical (unpaired) electrons. The van der Waals surface area contributed by atoms with E-state index in [1.165, 1.54) is 0 Å². The number of ether oxygens (including phenoxy) is 1. The van der Waals surface area contributed by atoms with E-state index < -0.39 is 6.09 Å². The lowest BCUT2D eigenvalue weighted by atomic mass is 9.96. The summed E-state index contributed by atoms with van der Waals surface area (Å²) in [5.74, 6) is 1.22. The lowest BCUT2D eigenvalue weighted by molar-refractivity contribution is 0.0965. The van der Waals surface area contributed by atoms with E-state index in [1.807, 2.05) is 43.6 Å². The fourth-order valence-corrected chi connectivity index (χ4v) is 4.93. The number of piperidine rings is 1. The average Bonchev–Trinajstić information content (AvgIpc) is 3.44. The van der Waals surface area contributed by atoms with Crippen LogP contribution in [0.3, 0.4) is 0 Å². The van der Waals surface area contributed by atoms with Crippen molar-refractivity contribution < 1.29 is 14.6 Å². The second-order valence-electron chi connectivity index (χ2n) is 8.26. The van der Waals surface area contributed by atoms with E-state index in [9.17, 15) is 9.90 Å². The first-order valence-electron chi connectivity index (χ1n) is 10.7. The molecule has 2 atom stereocenters. The first-order chi connectivity index (χ1) is 15.5. The van der Waals surface area contributed by atoms with Crippen LogP contribution in [-0.2, 0) is 0 Å². The zero-order valence-corrected chi connectivity index (χ0v) is 18.0. The fourth-order valence-electron chi connectivity index (χ4n) is 4.93. The predicted octanol–water partition coefficient (Wildman–Crippen LogP) is 2.84. The van der Waals surface area contributed by atoms with Crippen LogP contribution in [0.25, 0.3) is 17.1 Å². The summed E-state index contributed by atoms with van der Waals surface area (Å²) in [5.41, 5.74) is 2.05. The van der Waals surface area contributed by atoms with Crippen molar-refractivity contribution in [2.45, 2.75) is 43.8 Å². The monoisotopic (exact) mass is 435 g/mol. The van der Waals surface area contributed by atoms with E-state index in [4.69, 9.17) is 4.74 Å². The van der Waals surface area contributed by atoms with Crippen LogP contribution < -0.4 is 9.64 Å². The Bertz CT molecular complexity index is 1090. The number of hydrogen-bond donors (Lipinski definition) is 1. The van der Waals surface area contributed by atoms with Gasteiger partial charge in [-0.15, -0.1) is 10.2 Å². The number of amides is 1. The van der Waals surface area contributed by atoms with Crippen LogP contribution in [0.5, 0.6) is 5.88 Å². The zero-order valence-electron chi connectivity index (χ0n) is 18.0. The predicted molar refractivity (Wildman–Crippen MR) is 117 cm³/mol. The molecular weight excluding hydrogens is 410 g/mol. The number of anilines is 1. The number of fused-ring (bicyclic) bond motifs is 2. The van der Waals surface area contributed by atoms with E-state index in [2.05, 4.69) is 25.2 Å². The molecule has 1 amide bonds. The number of hydrogen-bond acceptors (Lipinski definition) is 7. The summed E-state index contributed by atoms with van der Waals surface area (Å²) in [6.07, 6.45) is 6.24. The van der Waals surface area contributed by atoms with Crippen LogP contribution in [0.2, 0.25) is 0 Å². The molecule has 32 heavy (non-hydrogen) atoms. The lowest BCUT2D eigenvalue weighted by Gasteiger charge is -2.41. The maximum atomic E-state index is 11.5. The third-order valence-corrected chi connectivity index (χ3v) is 6.54. The number of aromatic nitrogens is 5. The highest BCUT2D eigenvalue weighted by Gasteiger charge is 2.44. The summed E-state index contributed by atoms with van der Waals surface area (Å²) in [6.45, 7) is 0. The number of methoxy groups -OCH3 is 1. The highest BCUT2D eigenvalue weighted by atomic mass is 16.5. The summed E-state index contributed by atoms with van der Waals surface area (Å²) in [5, 5.41) is 22.5. The fraction of sp³-hybridized carbons (Fsp3) is 0.409. The molecule has 0 aromatic carbocycles. The SMILES string of the molecule is COc1nc(-c2ccc(N(C)C3CC4CCC(C3)N4C(=O)O)nn2)ccc1-n1cccn1. The third kappa shape index (κ3) is 3.51. The van der Waals surface area contributed by atoms with Gasteiger partial charge >= 0.3 is 6.09 Å². The van der Waals surface area contributed by atoms with Gasteiger partial charge in [-0.1, -0.05) is 0 Å². The standard InChI is InChI=1S/C22H25N7O3/c1-27(16-12-14-4-5-15(13-16)29(14)22(30)31)20-9-7-18(25-26-20)17-6-8-19(21(24-17)32-2)28-11-3-10-23-28/h3,6-11,14-16H,4-5,12-13H2,1-2H3,(H,30,31). The van der Waals surface area contributed by atoms with Crippen LogP contribution in [0.15, 0.2) is 42.7 Å². The molecule has 5 heterocycles. The molecule has 0 saturated carbocycles. The minimum absolute atomic E-state index is 0.0934. The first kappa shape index (κ1) is 20.2. The highest BCUT2D eigenvalue weighted by molar-refractivity contribution is 5.67. The molecule has 3 aromatic heterocycles. The van der Waals surface area contributed by atoms with E-state index in [0.717, 1.165) is 37.2 Å². The van der Waals surface area contributed by atoms with E-state index in [1.54, 1.807) is 22.9 Å². The Kier molecular flexibility index (Phi) is 5.12. The first-order valence-corrected chi connectivity index (χ1v) is 10.7. The van der Waals surface area contributed by atoms with Gasteiger partial charge in [-0.25, -0.2) is 14.5 Å². The quantitative estimate of drug-likeness (QED) is 0.652. The van der Waals surface area contributed by atoms with Crippen LogP contribution >= 0.6 is 0 Å². The smallest absolute Gasteiger partial charge is 0.407 e. The van der Waals surface area contributed by atoms with Gasteiger partial charge in [0.25, 0.3) is 0 Å². The van der Waals surface area contributed by atoms with Crippen molar-refractivity contribution in [1.29, 1.82) is 0 Å². The van der Waals surface area contributed by atoms with Gasteiger partial charge in [0.15, 0.2) is 5.82 Å². The number of carboxylic acid groups (broad SMARTS) is 1. The van der Waals surface area contributed by atoms with Crippen molar-refractivity contribution in [1.82, 2.24) is 29.9 Å². The molecule has 10 heteroatoms. The van der Waals surface area contributed by atoms with Gasteiger partial charge in [-0.2, -0.15) is 5.10 Å². The van der Waals surface area contributed by atoms with E-state index in [-0.39, 0.29) is 18.1 Å². The molecule has 2 saturated heterocycles. The van der Waals surface area contributed by atoms with Gasteiger partial charge in [0.2, 0.25) is 5.88 Å². The van der Waals surface area contributed by atoms with Gasteiger partial charge in [0.1, 0.15) is 11.4 Å². The second kappa shape index (κ2) is 8.10. The maximum Gasteiger partial charge on any atom is 0.407 e. The Morgan fingerprint density at radius 3 is 2.47 bits per heavy atom. The Labute approximate surface area is 185 Å². The molecule has 2 fully saturated rings. The van der Waals surface area contributed by atoms with Crippen molar-refractivity contribution in [3.05, 3.63) is 42.7 Å². The molecule has 166 valence electrons. The van der Waals surface area contributed by atoms with Crippen molar-refractivity contribution in [3.8, 4) is 23.0 Å². The normalized spacial score (nSPS) is 22.1. The van der Waals surface area contributed by atoms with Gasteiger partial charge in [-0.3, -0.25) is 0 Å². The second-order valence-corrected chi connectivity index (χ2v) is 8.26. The summed E-state index contributed by atoms with van der Waals surface area (Å²) >= 11 is 0. The molecular formula is C22H25N7O3. The minimum Gasteiger partial charge on any atom is -0.479 e. The number of nitrogens with zero attached hydrogens (tertiary/aromatic N) is 7. The summed E-state index contributed by atoms with van der Waals surface area (Å²) in [6, 6.07) is 9.86. The summed E-state index contributed by atoms with van der Waals surface area (Å²) < 4.78 is 7.15. The molecule has 10 nitrogen and oxygen atoms in total. The number of pyridine rings is 1.